The minimum absolute atomic E-state index is 0.521. The van der Waals surface area contributed by atoms with E-state index in [1.165, 1.54) is 17.7 Å². The summed E-state index contributed by atoms with van der Waals surface area (Å²) in [5.41, 5.74) is 8.64. The molecule has 0 radical (unpaired) electrons. The summed E-state index contributed by atoms with van der Waals surface area (Å²) < 4.78 is 0. The summed E-state index contributed by atoms with van der Waals surface area (Å²) in [6.45, 7) is 4.10. The summed E-state index contributed by atoms with van der Waals surface area (Å²) in [4.78, 5) is 2.45. The van der Waals surface area contributed by atoms with Gasteiger partial charge in [-0.25, -0.2) is 0 Å². The third-order valence-corrected chi connectivity index (χ3v) is 2.93. The lowest BCUT2D eigenvalue weighted by Gasteiger charge is -2.25. The van der Waals surface area contributed by atoms with Gasteiger partial charge in [0.15, 0.2) is 0 Å². The van der Waals surface area contributed by atoms with Crippen LogP contribution in [0.4, 0.5) is 5.69 Å². The molecule has 1 heterocycles. The van der Waals surface area contributed by atoms with Crippen molar-refractivity contribution in [3.05, 3.63) is 29.8 Å². The lowest BCUT2D eigenvalue weighted by molar-refractivity contribution is 0.624. The van der Waals surface area contributed by atoms with Gasteiger partial charge in [-0.1, -0.05) is 25.1 Å². The summed E-state index contributed by atoms with van der Waals surface area (Å²) in [6.07, 6.45) is 2.30. The van der Waals surface area contributed by atoms with Gasteiger partial charge in [-0.05, 0) is 24.5 Å². The van der Waals surface area contributed by atoms with E-state index in [0.29, 0.717) is 6.04 Å². The van der Waals surface area contributed by atoms with Gasteiger partial charge in [0.25, 0.3) is 0 Å². The van der Waals surface area contributed by atoms with Gasteiger partial charge in [-0.2, -0.15) is 0 Å². The first kappa shape index (κ1) is 9.53. The maximum Gasteiger partial charge on any atom is 0.0453 e. The van der Waals surface area contributed by atoms with E-state index in [2.05, 4.69) is 36.1 Å². The number of fused-ring (bicyclic) bond motifs is 1. The van der Waals surface area contributed by atoms with Crippen LogP contribution >= 0.6 is 0 Å². The fourth-order valence-corrected chi connectivity index (χ4v) is 2.28. The molecule has 0 saturated heterocycles. The maximum absolute atomic E-state index is 5.79. The number of hydrogen-bond donors (Lipinski definition) is 1. The van der Waals surface area contributed by atoms with Crippen LogP contribution in [0.5, 0.6) is 0 Å². The van der Waals surface area contributed by atoms with Crippen molar-refractivity contribution < 1.29 is 0 Å². The van der Waals surface area contributed by atoms with E-state index in [1.54, 1.807) is 0 Å². The van der Waals surface area contributed by atoms with Gasteiger partial charge in [0.05, 0.1) is 0 Å². The Balaban J connectivity index is 2.27. The minimum atomic E-state index is 0.521. The molecule has 0 bridgehead atoms. The molecule has 1 aromatic rings. The second-order valence-electron chi connectivity index (χ2n) is 3.92. The Labute approximate surface area is 85.7 Å². The Hall–Kier alpha value is -1.02. The fraction of sp³-hybridized carbons (Fsp3) is 0.500. The standard InChI is InChI=1S/C12H18N2/c1-2-7-14-11(9-13)8-10-5-3-4-6-12(10)14/h3-6,11H,2,7-9,13H2,1H3. The van der Waals surface area contributed by atoms with Gasteiger partial charge >= 0.3 is 0 Å². The summed E-state index contributed by atoms with van der Waals surface area (Å²) in [5.74, 6) is 0. The van der Waals surface area contributed by atoms with Crippen molar-refractivity contribution in [1.29, 1.82) is 0 Å². The van der Waals surface area contributed by atoms with E-state index in [4.69, 9.17) is 5.73 Å². The van der Waals surface area contributed by atoms with Crippen LogP contribution in [0.25, 0.3) is 0 Å². The largest absolute Gasteiger partial charge is 0.367 e. The molecular weight excluding hydrogens is 172 g/mol. The molecule has 1 aliphatic heterocycles. The Bertz CT molecular complexity index is 309. The van der Waals surface area contributed by atoms with Crippen molar-refractivity contribution in [3.8, 4) is 0 Å². The summed E-state index contributed by atoms with van der Waals surface area (Å²) >= 11 is 0. The van der Waals surface area contributed by atoms with Crippen molar-refractivity contribution in [3.63, 3.8) is 0 Å². The van der Waals surface area contributed by atoms with Gasteiger partial charge in [0, 0.05) is 24.8 Å². The summed E-state index contributed by atoms with van der Waals surface area (Å²) in [6, 6.07) is 9.17. The molecule has 1 unspecified atom stereocenters. The molecule has 0 fully saturated rings. The first-order chi connectivity index (χ1) is 6.86. The second-order valence-corrected chi connectivity index (χ2v) is 3.92. The van der Waals surface area contributed by atoms with Crippen LogP contribution < -0.4 is 10.6 Å². The van der Waals surface area contributed by atoms with E-state index >= 15 is 0 Å². The van der Waals surface area contributed by atoms with Crippen LogP contribution in [0.2, 0.25) is 0 Å². The van der Waals surface area contributed by atoms with E-state index < -0.39 is 0 Å². The highest BCUT2D eigenvalue weighted by Gasteiger charge is 2.26. The number of nitrogens with two attached hydrogens (primary N) is 1. The van der Waals surface area contributed by atoms with E-state index in [0.717, 1.165) is 19.5 Å². The number of benzene rings is 1. The van der Waals surface area contributed by atoms with Crippen LogP contribution in [0.3, 0.4) is 0 Å². The average Bonchev–Trinajstić information content (AvgIpc) is 2.58. The van der Waals surface area contributed by atoms with Crippen LogP contribution in [0.1, 0.15) is 18.9 Å². The highest BCUT2D eigenvalue weighted by Crippen LogP contribution is 2.31. The highest BCUT2D eigenvalue weighted by molar-refractivity contribution is 5.59. The molecule has 2 heteroatoms. The van der Waals surface area contributed by atoms with Crippen molar-refractivity contribution in [2.75, 3.05) is 18.0 Å². The zero-order valence-electron chi connectivity index (χ0n) is 8.74. The van der Waals surface area contributed by atoms with Crippen LogP contribution in [0, 0.1) is 0 Å². The molecule has 14 heavy (non-hydrogen) atoms. The van der Waals surface area contributed by atoms with Crippen molar-refractivity contribution in [2.24, 2.45) is 5.73 Å². The van der Waals surface area contributed by atoms with Gasteiger partial charge < -0.3 is 10.6 Å². The minimum Gasteiger partial charge on any atom is -0.367 e. The lowest BCUT2D eigenvalue weighted by Crippen LogP contribution is -2.38. The van der Waals surface area contributed by atoms with Crippen molar-refractivity contribution >= 4 is 5.69 Å². The molecular formula is C12H18N2. The quantitative estimate of drug-likeness (QED) is 0.787. The zero-order valence-corrected chi connectivity index (χ0v) is 8.74. The Morgan fingerprint density at radius 1 is 1.43 bits per heavy atom. The molecule has 0 saturated carbocycles. The number of para-hydroxylation sites is 1. The zero-order chi connectivity index (χ0) is 9.97. The highest BCUT2D eigenvalue weighted by atomic mass is 15.2. The van der Waals surface area contributed by atoms with E-state index in [-0.39, 0.29) is 0 Å². The average molecular weight is 190 g/mol. The number of hydrogen-bond acceptors (Lipinski definition) is 2. The molecule has 0 aromatic heterocycles. The van der Waals surface area contributed by atoms with Gasteiger partial charge in [0.2, 0.25) is 0 Å². The summed E-state index contributed by atoms with van der Waals surface area (Å²) in [7, 11) is 0. The third-order valence-electron chi connectivity index (χ3n) is 2.93. The summed E-state index contributed by atoms with van der Waals surface area (Å²) in [5, 5.41) is 0. The Morgan fingerprint density at radius 3 is 2.93 bits per heavy atom. The SMILES string of the molecule is CCCN1c2ccccc2CC1CN. The molecule has 2 N–H and O–H groups in total. The topological polar surface area (TPSA) is 29.3 Å². The van der Waals surface area contributed by atoms with Crippen molar-refractivity contribution in [1.82, 2.24) is 0 Å². The molecule has 0 amide bonds. The van der Waals surface area contributed by atoms with E-state index in [1.807, 2.05) is 0 Å². The Morgan fingerprint density at radius 2 is 2.21 bits per heavy atom. The van der Waals surface area contributed by atoms with E-state index in [9.17, 15) is 0 Å². The van der Waals surface area contributed by atoms with Crippen LogP contribution in [-0.2, 0) is 6.42 Å². The monoisotopic (exact) mass is 190 g/mol. The second kappa shape index (κ2) is 4.01. The third kappa shape index (κ3) is 1.50. The molecule has 1 atom stereocenters. The molecule has 0 aliphatic carbocycles. The predicted molar refractivity (Wildman–Crippen MR) is 60.6 cm³/mol. The molecule has 1 aliphatic rings. The van der Waals surface area contributed by atoms with Gasteiger partial charge in [-0.15, -0.1) is 0 Å². The van der Waals surface area contributed by atoms with Gasteiger partial charge in [-0.3, -0.25) is 0 Å². The lowest BCUT2D eigenvalue weighted by atomic mass is 10.1. The van der Waals surface area contributed by atoms with Crippen LogP contribution in [-0.4, -0.2) is 19.1 Å². The fourth-order valence-electron chi connectivity index (χ4n) is 2.28. The smallest absolute Gasteiger partial charge is 0.0453 e. The molecule has 2 rings (SSSR count). The first-order valence-electron chi connectivity index (χ1n) is 5.41. The maximum atomic E-state index is 5.79. The molecule has 76 valence electrons. The predicted octanol–water partition coefficient (Wildman–Crippen LogP) is 1.79. The molecule has 2 nitrogen and oxygen atoms in total. The normalized spacial score (nSPS) is 19.9. The number of anilines is 1. The first-order valence-corrected chi connectivity index (χ1v) is 5.41. The molecule has 1 aromatic carbocycles. The Kier molecular flexibility index (Phi) is 2.73. The molecule has 0 spiro atoms. The number of rotatable bonds is 3. The number of nitrogens with zero attached hydrogens (tertiary/aromatic N) is 1. The van der Waals surface area contributed by atoms with Gasteiger partial charge in [0.1, 0.15) is 0 Å². The van der Waals surface area contributed by atoms with Crippen LogP contribution in [0.15, 0.2) is 24.3 Å². The van der Waals surface area contributed by atoms with Crippen molar-refractivity contribution in [2.45, 2.75) is 25.8 Å².